The molecule has 0 saturated carbocycles. The van der Waals surface area contributed by atoms with Gasteiger partial charge >= 0.3 is 0 Å². The van der Waals surface area contributed by atoms with Crippen molar-refractivity contribution in [2.75, 3.05) is 5.73 Å². The van der Waals surface area contributed by atoms with Gasteiger partial charge in [-0.1, -0.05) is 23.4 Å². The molecular weight excluding hydrogens is 278 g/mol. The number of anilines is 1. The molecule has 6 heteroatoms. The number of hydrogen-bond acceptors (Lipinski definition) is 5. The van der Waals surface area contributed by atoms with Crippen molar-refractivity contribution >= 4 is 27.8 Å². The molecule has 0 aliphatic rings. The van der Waals surface area contributed by atoms with Gasteiger partial charge in [0.2, 0.25) is 0 Å². The molecule has 2 aromatic heterocycles. The Morgan fingerprint density at radius 1 is 1.32 bits per heavy atom. The highest BCUT2D eigenvalue weighted by Crippen LogP contribution is 2.28. The molecule has 0 spiro atoms. The monoisotopic (exact) mass is 297 g/mol. The number of nitrogens with two attached hydrogens (primary N) is 1. The van der Waals surface area contributed by atoms with Gasteiger partial charge in [0.15, 0.2) is 5.82 Å². The minimum atomic E-state index is -0.154. The number of rotatable bonds is 5. The van der Waals surface area contributed by atoms with Crippen LogP contribution in [0.3, 0.4) is 0 Å². The summed E-state index contributed by atoms with van der Waals surface area (Å²) in [6.07, 6.45) is 1.64. The van der Waals surface area contributed by atoms with E-state index in [-0.39, 0.29) is 6.04 Å². The van der Waals surface area contributed by atoms with Crippen LogP contribution in [0.4, 0.5) is 5.82 Å². The predicted molar refractivity (Wildman–Crippen MR) is 88.7 cm³/mol. The molecule has 0 radical (unpaired) electrons. The van der Waals surface area contributed by atoms with Gasteiger partial charge in [-0.3, -0.25) is 0 Å². The van der Waals surface area contributed by atoms with Gasteiger partial charge in [-0.25, -0.2) is 9.97 Å². The highest BCUT2D eigenvalue weighted by Gasteiger charge is 2.15. The van der Waals surface area contributed by atoms with Crippen LogP contribution in [0.25, 0.3) is 21.9 Å². The summed E-state index contributed by atoms with van der Waals surface area (Å²) in [5.74, 6) is 1.37. The molecule has 0 fully saturated rings. The van der Waals surface area contributed by atoms with Gasteiger partial charge in [0, 0.05) is 11.9 Å². The number of para-hydroxylation sites is 1. The standard InChI is InChI=1S/C16H19N5O/c1-10(20-22)6-5-9-21-11(2)18-14-15(21)12-7-3-4-8-13(12)19-16(14)17/h3-4,7-8,10H,5-6,9H2,1-2H3,(H2,17,19). The van der Waals surface area contributed by atoms with E-state index in [1.165, 1.54) is 0 Å². The van der Waals surface area contributed by atoms with E-state index in [4.69, 9.17) is 5.73 Å². The minimum Gasteiger partial charge on any atom is -0.382 e. The summed E-state index contributed by atoms with van der Waals surface area (Å²) in [5, 5.41) is 4.10. The number of fused-ring (bicyclic) bond motifs is 3. The van der Waals surface area contributed by atoms with Crippen molar-refractivity contribution in [2.45, 2.75) is 39.3 Å². The van der Waals surface area contributed by atoms with E-state index in [0.717, 1.165) is 47.1 Å². The van der Waals surface area contributed by atoms with Gasteiger partial charge in [-0.2, -0.15) is 4.91 Å². The maximum absolute atomic E-state index is 10.5. The van der Waals surface area contributed by atoms with Gasteiger partial charge in [-0.15, -0.1) is 0 Å². The summed E-state index contributed by atoms with van der Waals surface area (Å²) in [6, 6.07) is 7.78. The van der Waals surface area contributed by atoms with Crippen molar-refractivity contribution in [1.82, 2.24) is 14.5 Å². The van der Waals surface area contributed by atoms with Crippen LogP contribution >= 0.6 is 0 Å². The van der Waals surface area contributed by atoms with Crippen LogP contribution < -0.4 is 5.73 Å². The Balaban J connectivity index is 2.09. The van der Waals surface area contributed by atoms with Crippen LogP contribution in [0.5, 0.6) is 0 Å². The number of hydrogen-bond donors (Lipinski definition) is 1. The number of nitrogen functional groups attached to an aromatic ring is 1. The maximum atomic E-state index is 10.5. The highest BCUT2D eigenvalue weighted by molar-refractivity contribution is 6.06. The molecule has 1 atom stereocenters. The molecule has 0 aliphatic heterocycles. The normalized spacial score (nSPS) is 12.8. The Morgan fingerprint density at radius 3 is 2.86 bits per heavy atom. The third-order valence-corrected chi connectivity index (χ3v) is 3.98. The van der Waals surface area contributed by atoms with Gasteiger partial charge in [0.05, 0.1) is 17.1 Å². The Kier molecular flexibility index (Phi) is 3.75. The fraction of sp³-hybridized carbons (Fsp3) is 0.375. The van der Waals surface area contributed by atoms with Crippen LogP contribution in [0.2, 0.25) is 0 Å². The first-order valence-corrected chi connectivity index (χ1v) is 7.45. The zero-order valence-electron chi connectivity index (χ0n) is 12.8. The number of aromatic nitrogens is 3. The lowest BCUT2D eigenvalue weighted by atomic mass is 10.1. The van der Waals surface area contributed by atoms with E-state index in [9.17, 15) is 4.91 Å². The summed E-state index contributed by atoms with van der Waals surface area (Å²) in [4.78, 5) is 19.5. The van der Waals surface area contributed by atoms with Crippen molar-refractivity contribution in [3.63, 3.8) is 0 Å². The fourth-order valence-electron chi connectivity index (χ4n) is 2.84. The SMILES string of the molecule is Cc1nc2c(N)nc3ccccc3c2n1CCCC(C)N=O. The van der Waals surface area contributed by atoms with Gasteiger partial charge in [0.1, 0.15) is 11.3 Å². The quantitative estimate of drug-likeness (QED) is 0.731. The summed E-state index contributed by atoms with van der Waals surface area (Å²) < 4.78 is 2.16. The van der Waals surface area contributed by atoms with E-state index >= 15 is 0 Å². The molecule has 114 valence electrons. The lowest BCUT2D eigenvalue weighted by Crippen LogP contribution is -2.05. The van der Waals surface area contributed by atoms with E-state index in [2.05, 4.69) is 19.7 Å². The molecule has 22 heavy (non-hydrogen) atoms. The second-order valence-electron chi connectivity index (χ2n) is 5.62. The second kappa shape index (κ2) is 5.71. The predicted octanol–water partition coefficient (Wildman–Crippen LogP) is 3.41. The smallest absolute Gasteiger partial charge is 0.152 e. The number of nitrogens with zero attached hydrogens (tertiary/aromatic N) is 4. The fourth-order valence-corrected chi connectivity index (χ4v) is 2.84. The number of pyridine rings is 1. The van der Waals surface area contributed by atoms with E-state index in [1.807, 2.05) is 38.1 Å². The second-order valence-corrected chi connectivity index (χ2v) is 5.62. The Hall–Kier alpha value is -2.50. The van der Waals surface area contributed by atoms with Crippen molar-refractivity contribution in [3.05, 3.63) is 35.0 Å². The van der Waals surface area contributed by atoms with Crippen molar-refractivity contribution in [2.24, 2.45) is 5.18 Å². The number of aryl methyl sites for hydroxylation is 2. The average Bonchev–Trinajstić information content (AvgIpc) is 2.85. The molecule has 2 N–H and O–H groups in total. The molecule has 1 aromatic carbocycles. The molecular formula is C16H19N5O. The molecule has 2 heterocycles. The molecule has 0 saturated heterocycles. The summed E-state index contributed by atoms with van der Waals surface area (Å²) in [7, 11) is 0. The third-order valence-electron chi connectivity index (χ3n) is 3.98. The minimum absolute atomic E-state index is 0.154. The lowest BCUT2D eigenvalue weighted by molar-refractivity contribution is 0.558. The Bertz CT molecular complexity index is 839. The van der Waals surface area contributed by atoms with Crippen LogP contribution in [0, 0.1) is 11.8 Å². The van der Waals surface area contributed by atoms with Gasteiger partial charge in [0.25, 0.3) is 0 Å². The topological polar surface area (TPSA) is 86.2 Å². The first kappa shape index (κ1) is 14.4. The summed E-state index contributed by atoms with van der Waals surface area (Å²) in [5.41, 5.74) is 8.70. The van der Waals surface area contributed by atoms with Crippen LogP contribution in [0.15, 0.2) is 29.4 Å². The van der Waals surface area contributed by atoms with Crippen LogP contribution in [-0.2, 0) is 6.54 Å². The molecule has 0 amide bonds. The first-order chi connectivity index (χ1) is 10.6. The molecule has 3 rings (SSSR count). The van der Waals surface area contributed by atoms with Crippen LogP contribution in [0.1, 0.15) is 25.6 Å². The summed E-state index contributed by atoms with van der Waals surface area (Å²) >= 11 is 0. The van der Waals surface area contributed by atoms with Gasteiger partial charge in [-0.05, 0) is 32.8 Å². The zero-order valence-corrected chi connectivity index (χ0v) is 12.8. The van der Waals surface area contributed by atoms with Crippen molar-refractivity contribution in [3.8, 4) is 0 Å². The third kappa shape index (κ3) is 2.41. The molecule has 6 nitrogen and oxygen atoms in total. The zero-order chi connectivity index (χ0) is 15.7. The van der Waals surface area contributed by atoms with E-state index in [0.29, 0.717) is 5.82 Å². The summed E-state index contributed by atoms with van der Waals surface area (Å²) in [6.45, 7) is 4.59. The van der Waals surface area contributed by atoms with E-state index in [1.54, 1.807) is 0 Å². The lowest BCUT2D eigenvalue weighted by Gasteiger charge is -2.09. The number of nitroso groups, excluding NO2 is 1. The molecule has 0 aliphatic carbocycles. The number of imidazole rings is 1. The Labute approximate surface area is 128 Å². The van der Waals surface area contributed by atoms with Crippen LogP contribution in [-0.4, -0.2) is 20.6 Å². The van der Waals surface area contributed by atoms with Gasteiger partial charge < -0.3 is 10.3 Å². The molecule has 3 aromatic rings. The molecule has 1 unspecified atom stereocenters. The van der Waals surface area contributed by atoms with E-state index < -0.39 is 0 Å². The largest absolute Gasteiger partial charge is 0.382 e. The average molecular weight is 297 g/mol. The van der Waals surface area contributed by atoms with Crippen molar-refractivity contribution < 1.29 is 0 Å². The number of benzene rings is 1. The molecule has 0 bridgehead atoms. The van der Waals surface area contributed by atoms with Crippen molar-refractivity contribution in [1.29, 1.82) is 0 Å². The highest BCUT2D eigenvalue weighted by atomic mass is 16.3. The Morgan fingerprint density at radius 2 is 2.09 bits per heavy atom. The first-order valence-electron chi connectivity index (χ1n) is 7.45. The maximum Gasteiger partial charge on any atom is 0.152 e.